The second-order valence-corrected chi connectivity index (χ2v) is 16.3. The maximum absolute atomic E-state index is 15.0. The molecule has 4 aromatic rings. The van der Waals surface area contributed by atoms with Crippen LogP contribution in [0.3, 0.4) is 0 Å². The number of alkyl halides is 3. The van der Waals surface area contributed by atoms with Crippen LogP contribution in [0.5, 0.6) is 5.75 Å². The van der Waals surface area contributed by atoms with Gasteiger partial charge in [0.25, 0.3) is 0 Å². The van der Waals surface area contributed by atoms with E-state index in [0.29, 0.717) is 25.1 Å². The van der Waals surface area contributed by atoms with E-state index in [4.69, 9.17) is 21.1 Å². The molecular weight excluding hydrogens is 762 g/mol. The average molecular weight is 802 g/mol. The highest BCUT2D eigenvalue weighted by Gasteiger charge is 2.31. The predicted molar refractivity (Wildman–Crippen MR) is 192 cm³/mol. The molecule has 0 unspecified atom stereocenters. The highest BCUT2D eigenvalue weighted by Crippen LogP contribution is 2.41. The molecule has 0 spiro atoms. The van der Waals surface area contributed by atoms with E-state index in [-0.39, 0.29) is 51.3 Å². The number of rotatable bonds is 16. The first kappa shape index (κ1) is 37.3. The molecular formula is C36H40ClF3INO4S. The largest absolute Gasteiger partial charge is 0.493 e. The van der Waals surface area contributed by atoms with E-state index in [1.54, 1.807) is 12.1 Å². The van der Waals surface area contributed by atoms with Crippen LogP contribution in [0.4, 0.5) is 13.2 Å². The third-order valence-corrected chi connectivity index (χ3v) is 11.4. The number of ether oxygens (including phenoxy) is 2. The molecule has 1 N–H and O–H groups in total. The number of nitrogens with zero attached hydrogens (tertiary/aromatic N) is 1. The van der Waals surface area contributed by atoms with Gasteiger partial charge in [-0.15, -0.1) is 0 Å². The molecule has 0 aromatic heterocycles. The van der Waals surface area contributed by atoms with E-state index >= 15 is 0 Å². The number of thiol groups is 1. The van der Waals surface area contributed by atoms with Gasteiger partial charge in [-0.2, -0.15) is 8.78 Å². The lowest BCUT2D eigenvalue weighted by Gasteiger charge is -2.34. The first-order valence-electron chi connectivity index (χ1n) is 15.2. The van der Waals surface area contributed by atoms with Crippen molar-refractivity contribution in [1.29, 1.82) is 0 Å². The highest BCUT2D eigenvalue weighted by atomic mass is 127. The molecule has 1 atom stereocenters. The normalized spacial score (nSPS) is 13.3. The molecule has 0 saturated heterocycles. The van der Waals surface area contributed by atoms with Gasteiger partial charge in [0.2, 0.25) is 0 Å². The minimum atomic E-state index is -3.13. The summed E-state index contributed by atoms with van der Waals surface area (Å²) in [7, 11) is -1.72. The SMILES string of the molecule is COC[SH](C)(=O)c1cc(OCC[C@@H](C)N(Cc2cccc(C(F)(F)I)c2Cl)CC(c2ccccc2)c2ccccc2)cc(F)c1CO. The number of aliphatic hydroxyl groups is 1. The summed E-state index contributed by atoms with van der Waals surface area (Å²) in [6, 6.07) is 27.5. The summed E-state index contributed by atoms with van der Waals surface area (Å²) in [5.74, 6) is -0.649. The van der Waals surface area contributed by atoms with Crippen LogP contribution in [-0.2, 0) is 31.8 Å². The van der Waals surface area contributed by atoms with Crippen molar-refractivity contribution in [2.45, 2.75) is 47.3 Å². The van der Waals surface area contributed by atoms with Crippen LogP contribution in [0, 0.1) is 5.82 Å². The third kappa shape index (κ3) is 9.79. The van der Waals surface area contributed by atoms with Gasteiger partial charge in [0.1, 0.15) is 17.5 Å². The molecule has 4 aromatic carbocycles. The van der Waals surface area contributed by atoms with Gasteiger partial charge in [-0.25, -0.2) is 4.39 Å². The fourth-order valence-corrected chi connectivity index (χ4v) is 8.35. The molecule has 0 saturated carbocycles. The van der Waals surface area contributed by atoms with E-state index in [2.05, 4.69) is 29.2 Å². The standard InChI is InChI=1S/C36H40ClF3INO4S/c1-25(17-18-46-29-19-33(38)31(23-43)34(20-29)47(3,44)24-45-2)42(21-28-15-10-16-32(35(28)37)36(39,40)41)22-30(26-11-6-4-7-12-26)27-13-8-5-9-14-27/h4-16,19-20,25,30,43,47H,17-18,21-24H2,1-3H3/t25-/m1/s1. The molecule has 0 fully saturated rings. The van der Waals surface area contributed by atoms with Crippen LogP contribution in [0.1, 0.15) is 47.1 Å². The molecule has 0 amide bonds. The van der Waals surface area contributed by atoms with Crippen molar-refractivity contribution in [3.05, 3.63) is 130 Å². The number of hydrogen-bond acceptors (Lipinski definition) is 5. The van der Waals surface area contributed by atoms with Gasteiger partial charge < -0.3 is 14.6 Å². The summed E-state index contributed by atoms with van der Waals surface area (Å²) in [4.78, 5) is 2.38. The smallest absolute Gasteiger partial charge is 0.323 e. The quantitative estimate of drug-likeness (QED) is 0.0676. The fraction of sp³-hybridized carbons (Fsp3) is 0.333. The van der Waals surface area contributed by atoms with E-state index < -0.39 is 26.3 Å². The zero-order valence-electron chi connectivity index (χ0n) is 26.5. The molecule has 47 heavy (non-hydrogen) atoms. The Morgan fingerprint density at radius 2 is 1.62 bits per heavy atom. The third-order valence-electron chi connectivity index (χ3n) is 8.19. The lowest BCUT2D eigenvalue weighted by molar-refractivity contribution is 0.127. The van der Waals surface area contributed by atoms with Gasteiger partial charge in [-0.05, 0) is 42.4 Å². The average Bonchev–Trinajstić information content (AvgIpc) is 3.03. The Morgan fingerprint density at radius 1 is 1.00 bits per heavy atom. The summed E-state index contributed by atoms with van der Waals surface area (Å²) in [6.07, 6.45) is 1.98. The number of benzene rings is 4. The Hall–Kier alpha value is -2.48. The van der Waals surface area contributed by atoms with Gasteiger partial charge in [0, 0.05) is 76.8 Å². The van der Waals surface area contributed by atoms with Gasteiger partial charge in [0.15, 0.2) is 0 Å². The first-order chi connectivity index (χ1) is 22.4. The molecule has 5 nitrogen and oxygen atoms in total. The molecule has 0 aliphatic heterocycles. The number of hydrogen-bond donors (Lipinski definition) is 2. The van der Waals surface area contributed by atoms with Crippen molar-refractivity contribution in [1.82, 2.24) is 4.90 Å². The van der Waals surface area contributed by atoms with Crippen molar-refractivity contribution < 1.29 is 32.0 Å². The molecule has 11 heteroatoms. The van der Waals surface area contributed by atoms with Crippen LogP contribution < -0.4 is 4.74 Å². The van der Waals surface area contributed by atoms with Crippen molar-refractivity contribution in [3.8, 4) is 5.75 Å². The molecule has 0 radical (unpaired) electrons. The first-order valence-corrected chi connectivity index (χ1v) is 19.0. The summed E-state index contributed by atoms with van der Waals surface area (Å²) in [5.41, 5.74) is 2.53. The van der Waals surface area contributed by atoms with Crippen LogP contribution >= 0.6 is 34.2 Å². The molecule has 0 aliphatic rings. The molecule has 0 bridgehead atoms. The maximum Gasteiger partial charge on any atom is 0.323 e. The lowest BCUT2D eigenvalue weighted by Crippen LogP contribution is -2.37. The van der Waals surface area contributed by atoms with Gasteiger partial charge in [-0.1, -0.05) is 100 Å². The van der Waals surface area contributed by atoms with Crippen molar-refractivity contribution in [2.24, 2.45) is 0 Å². The van der Waals surface area contributed by atoms with E-state index in [1.807, 2.05) is 43.3 Å². The number of halogens is 5. The molecule has 0 heterocycles. The zero-order valence-corrected chi connectivity index (χ0v) is 30.3. The van der Waals surface area contributed by atoms with Crippen molar-refractivity contribution >= 4 is 44.1 Å². The van der Waals surface area contributed by atoms with Crippen molar-refractivity contribution in [2.75, 3.05) is 32.5 Å². The van der Waals surface area contributed by atoms with E-state index in [1.165, 1.54) is 31.6 Å². The molecule has 254 valence electrons. The van der Waals surface area contributed by atoms with Crippen LogP contribution in [0.25, 0.3) is 0 Å². The minimum absolute atomic E-state index is 0.0309. The van der Waals surface area contributed by atoms with E-state index in [9.17, 15) is 22.5 Å². The molecule has 0 aliphatic carbocycles. The Morgan fingerprint density at radius 3 is 2.17 bits per heavy atom. The fourth-order valence-electron chi connectivity index (χ4n) is 5.65. The maximum atomic E-state index is 15.0. The lowest BCUT2D eigenvalue weighted by atomic mass is 9.90. The Labute approximate surface area is 294 Å². The van der Waals surface area contributed by atoms with Gasteiger partial charge in [-0.3, -0.25) is 9.11 Å². The van der Waals surface area contributed by atoms with Crippen LogP contribution in [0.15, 0.2) is 95.9 Å². The van der Waals surface area contributed by atoms with Gasteiger partial charge in [0.05, 0.1) is 18.2 Å². The van der Waals surface area contributed by atoms with Crippen LogP contribution in [-0.4, -0.2) is 52.7 Å². The summed E-state index contributed by atoms with van der Waals surface area (Å²) in [6.45, 7) is 2.47. The van der Waals surface area contributed by atoms with E-state index in [0.717, 1.165) is 33.7 Å². The summed E-state index contributed by atoms with van der Waals surface area (Å²) in [5, 5.41) is 9.80. The zero-order chi connectivity index (χ0) is 34.2. The number of methoxy groups -OCH3 is 1. The second kappa shape index (κ2) is 16.8. The Balaban J connectivity index is 1.63. The Kier molecular flexibility index (Phi) is 13.3. The summed E-state index contributed by atoms with van der Waals surface area (Å²) >= 11 is 7.69. The van der Waals surface area contributed by atoms with Gasteiger partial charge >= 0.3 is 3.93 Å². The summed E-state index contributed by atoms with van der Waals surface area (Å²) < 4.78 is 65.0. The minimum Gasteiger partial charge on any atom is -0.493 e. The monoisotopic (exact) mass is 801 g/mol. The number of aliphatic hydroxyl groups excluding tert-OH is 1. The second-order valence-electron chi connectivity index (χ2n) is 11.6. The Bertz CT molecular complexity index is 1620. The highest BCUT2D eigenvalue weighted by molar-refractivity contribution is 14.1. The van der Waals surface area contributed by atoms with Crippen molar-refractivity contribution in [3.63, 3.8) is 0 Å². The van der Waals surface area contributed by atoms with Crippen LogP contribution in [0.2, 0.25) is 5.02 Å². The predicted octanol–water partition coefficient (Wildman–Crippen LogP) is 8.56. The topological polar surface area (TPSA) is 59.0 Å². The molecule has 4 rings (SSSR count).